The molecular formula is C15H23N3O2. The van der Waals surface area contributed by atoms with Gasteiger partial charge in [0.1, 0.15) is 0 Å². The van der Waals surface area contributed by atoms with Crippen LogP contribution in [-0.2, 0) is 4.79 Å². The summed E-state index contributed by atoms with van der Waals surface area (Å²) >= 11 is 0. The van der Waals surface area contributed by atoms with Gasteiger partial charge in [-0.2, -0.15) is 0 Å². The maximum atomic E-state index is 11.0. The Morgan fingerprint density at radius 2 is 2.00 bits per heavy atom. The number of aliphatic hydroxyl groups excluding tert-OH is 1. The van der Waals surface area contributed by atoms with Crippen LogP contribution in [0.2, 0.25) is 0 Å². The monoisotopic (exact) mass is 277 g/mol. The number of hydrogen-bond donors (Lipinski definition) is 3. The number of piperazine rings is 1. The highest BCUT2D eigenvalue weighted by Crippen LogP contribution is 2.25. The first-order chi connectivity index (χ1) is 9.70. The molecule has 1 heterocycles. The molecule has 1 aliphatic heterocycles. The highest BCUT2D eigenvalue weighted by Gasteiger charge is 2.21. The van der Waals surface area contributed by atoms with E-state index in [1.807, 2.05) is 24.3 Å². The standard InChI is InChI=1S/C15H23N3O2/c1-12(20)17-14-4-2-13(3-5-14)15(6-11-19)18-9-7-16-8-10-18/h2-5,15-16,19H,6-11H2,1H3,(H,17,20)/t15-/m0/s1. The summed E-state index contributed by atoms with van der Waals surface area (Å²) in [6.07, 6.45) is 0.736. The third kappa shape index (κ3) is 4.03. The summed E-state index contributed by atoms with van der Waals surface area (Å²) in [7, 11) is 0. The van der Waals surface area contributed by atoms with E-state index >= 15 is 0 Å². The fraction of sp³-hybridized carbons (Fsp3) is 0.533. The van der Waals surface area contributed by atoms with Crippen molar-refractivity contribution in [3.63, 3.8) is 0 Å². The van der Waals surface area contributed by atoms with Gasteiger partial charge in [-0.3, -0.25) is 9.69 Å². The quantitative estimate of drug-likeness (QED) is 0.750. The van der Waals surface area contributed by atoms with Gasteiger partial charge in [0, 0.05) is 51.4 Å². The highest BCUT2D eigenvalue weighted by molar-refractivity contribution is 5.88. The molecular weight excluding hydrogens is 254 g/mol. The number of anilines is 1. The molecule has 3 N–H and O–H groups in total. The van der Waals surface area contributed by atoms with Crippen LogP contribution in [0.25, 0.3) is 0 Å². The van der Waals surface area contributed by atoms with Gasteiger partial charge in [0.25, 0.3) is 0 Å². The Bertz CT molecular complexity index is 427. The highest BCUT2D eigenvalue weighted by atomic mass is 16.3. The third-order valence-corrected chi connectivity index (χ3v) is 3.61. The molecule has 1 aromatic rings. The van der Waals surface area contributed by atoms with E-state index in [4.69, 9.17) is 0 Å². The molecule has 20 heavy (non-hydrogen) atoms. The molecule has 1 saturated heterocycles. The smallest absolute Gasteiger partial charge is 0.221 e. The number of nitrogens with zero attached hydrogens (tertiary/aromatic N) is 1. The molecule has 0 spiro atoms. The fourth-order valence-electron chi connectivity index (χ4n) is 2.67. The van der Waals surface area contributed by atoms with Gasteiger partial charge >= 0.3 is 0 Å². The van der Waals surface area contributed by atoms with Crippen molar-refractivity contribution in [1.29, 1.82) is 0 Å². The van der Waals surface area contributed by atoms with Crippen LogP contribution in [0, 0.1) is 0 Å². The van der Waals surface area contributed by atoms with Gasteiger partial charge in [0.05, 0.1) is 0 Å². The topological polar surface area (TPSA) is 64.6 Å². The van der Waals surface area contributed by atoms with Crippen LogP contribution in [0.3, 0.4) is 0 Å². The average molecular weight is 277 g/mol. The second kappa shape index (κ2) is 7.38. The van der Waals surface area contributed by atoms with Crippen molar-refractivity contribution in [2.75, 3.05) is 38.1 Å². The molecule has 2 rings (SSSR count). The summed E-state index contributed by atoms with van der Waals surface area (Å²) in [5.74, 6) is -0.0632. The molecule has 110 valence electrons. The zero-order valence-electron chi connectivity index (χ0n) is 11.9. The van der Waals surface area contributed by atoms with Crippen molar-refractivity contribution < 1.29 is 9.90 Å². The van der Waals surface area contributed by atoms with E-state index < -0.39 is 0 Å². The first-order valence-corrected chi connectivity index (χ1v) is 7.14. The summed E-state index contributed by atoms with van der Waals surface area (Å²) in [5, 5.41) is 15.4. The van der Waals surface area contributed by atoms with E-state index in [0.717, 1.165) is 38.3 Å². The van der Waals surface area contributed by atoms with Crippen molar-refractivity contribution in [3.05, 3.63) is 29.8 Å². The predicted octanol–water partition coefficient (Wildman–Crippen LogP) is 0.974. The van der Waals surface area contributed by atoms with Gasteiger partial charge in [-0.25, -0.2) is 0 Å². The van der Waals surface area contributed by atoms with Gasteiger partial charge in [0.2, 0.25) is 5.91 Å². The summed E-state index contributed by atoms with van der Waals surface area (Å²) in [6.45, 7) is 5.67. The fourth-order valence-corrected chi connectivity index (χ4v) is 2.67. The molecule has 1 aromatic carbocycles. The number of carbonyl (C=O) groups excluding carboxylic acids is 1. The van der Waals surface area contributed by atoms with E-state index in [1.54, 1.807) is 0 Å². The molecule has 0 aliphatic carbocycles. The number of aliphatic hydroxyl groups is 1. The van der Waals surface area contributed by atoms with Gasteiger partial charge in [-0.15, -0.1) is 0 Å². The minimum atomic E-state index is -0.0632. The van der Waals surface area contributed by atoms with Crippen LogP contribution >= 0.6 is 0 Å². The molecule has 1 fully saturated rings. The van der Waals surface area contributed by atoms with Crippen LogP contribution in [-0.4, -0.2) is 48.7 Å². The molecule has 5 heteroatoms. The van der Waals surface area contributed by atoms with Gasteiger partial charge in [-0.05, 0) is 24.1 Å². The van der Waals surface area contributed by atoms with Crippen LogP contribution in [0.15, 0.2) is 24.3 Å². The Kier molecular flexibility index (Phi) is 5.52. The number of carbonyl (C=O) groups is 1. The minimum absolute atomic E-state index is 0.0632. The number of nitrogens with one attached hydrogen (secondary N) is 2. The van der Waals surface area contributed by atoms with Crippen molar-refractivity contribution in [1.82, 2.24) is 10.2 Å². The lowest BCUT2D eigenvalue weighted by molar-refractivity contribution is -0.114. The summed E-state index contributed by atoms with van der Waals surface area (Å²) in [6, 6.07) is 8.15. The first-order valence-electron chi connectivity index (χ1n) is 7.14. The van der Waals surface area contributed by atoms with Crippen LogP contribution in [0.1, 0.15) is 24.9 Å². The SMILES string of the molecule is CC(=O)Nc1ccc([C@H](CCO)N2CCNCC2)cc1. The van der Waals surface area contributed by atoms with Crippen molar-refractivity contribution in [3.8, 4) is 0 Å². The molecule has 5 nitrogen and oxygen atoms in total. The largest absolute Gasteiger partial charge is 0.396 e. The van der Waals surface area contributed by atoms with Gasteiger partial charge in [0.15, 0.2) is 0 Å². The van der Waals surface area contributed by atoms with E-state index in [9.17, 15) is 9.90 Å². The lowest BCUT2D eigenvalue weighted by atomic mass is 10.0. The molecule has 0 unspecified atom stereocenters. The number of hydrogen-bond acceptors (Lipinski definition) is 4. The summed E-state index contributed by atoms with van der Waals surface area (Å²) in [5.41, 5.74) is 2.00. The maximum absolute atomic E-state index is 11.0. The molecule has 0 radical (unpaired) electrons. The molecule has 1 atom stereocenters. The minimum Gasteiger partial charge on any atom is -0.396 e. The normalized spacial score (nSPS) is 17.7. The number of amides is 1. The third-order valence-electron chi connectivity index (χ3n) is 3.61. The van der Waals surface area contributed by atoms with Crippen LogP contribution in [0.5, 0.6) is 0 Å². The van der Waals surface area contributed by atoms with Crippen LogP contribution in [0.4, 0.5) is 5.69 Å². The average Bonchev–Trinajstić information content (AvgIpc) is 2.46. The van der Waals surface area contributed by atoms with E-state index in [2.05, 4.69) is 15.5 Å². The number of benzene rings is 1. The predicted molar refractivity (Wildman–Crippen MR) is 79.6 cm³/mol. The number of rotatable bonds is 5. The lowest BCUT2D eigenvalue weighted by Gasteiger charge is -2.35. The first kappa shape index (κ1) is 15.0. The zero-order valence-corrected chi connectivity index (χ0v) is 11.9. The van der Waals surface area contributed by atoms with Crippen molar-refractivity contribution >= 4 is 11.6 Å². The molecule has 0 saturated carbocycles. The van der Waals surface area contributed by atoms with E-state index in [0.29, 0.717) is 0 Å². The second-order valence-corrected chi connectivity index (χ2v) is 5.12. The van der Waals surface area contributed by atoms with Gasteiger partial charge in [-0.1, -0.05) is 12.1 Å². The van der Waals surface area contributed by atoms with Crippen LogP contribution < -0.4 is 10.6 Å². The van der Waals surface area contributed by atoms with E-state index in [-0.39, 0.29) is 18.6 Å². The van der Waals surface area contributed by atoms with E-state index in [1.165, 1.54) is 12.5 Å². The Morgan fingerprint density at radius 3 is 2.55 bits per heavy atom. The molecule has 1 aliphatic rings. The molecule has 0 bridgehead atoms. The zero-order chi connectivity index (χ0) is 14.4. The molecule has 1 amide bonds. The van der Waals surface area contributed by atoms with Crippen molar-refractivity contribution in [2.45, 2.75) is 19.4 Å². The Balaban J connectivity index is 2.09. The molecule has 0 aromatic heterocycles. The summed E-state index contributed by atoms with van der Waals surface area (Å²) < 4.78 is 0. The summed E-state index contributed by atoms with van der Waals surface area (Å²) in [4.78, 5) is 13.4. The Labute approximate surface area is 120 Å². The lowest BCUT2D eigenvalue weighted by Crippen LogP contribution is -2.45. The maximum Gasteiger partial charge on any atom is 0.221 e. The van der Waals surface area contributed by atoms with Gasteiger partial charge < -0.3 is 15.7 Å². The Hall–Kier alpha value is -1.43. The second-order valence-electron chi connectivity index (χ2n) is 5.12. The Morgan fingerprint density at radius 1 is 1.35 bits per heavy atom. The van der Waals surface area contributed by atoms with Crippen molar-refractivity contribution in [2.24, 2.45) is 0 Å².